The smallest absolute Gasteiger partial charge is 0.0159 e. The van der Waals surface area contributed by atoms with E-state index in [0.29, 0.717) is 0 Å². The van der Waals surface area contributed by atoms with Crippen LogP contribution in [-0.4, -0.2) is 0 Å². The Kier molecular flexibility index (Phi) is 16.1. The fourth-order valence-corrected chi connectivity index (χ4v) is 26.2. The van der Waals surface area contributed by atoms with E-state index in [2.05, 4.69) is 463 Å². The second-order valence-electron chi connectivity index (χ2n) is 43.9. The maximum absolute atomic E-state index is 2.52. The van der Waals surface area contributed by atoms with Crippen LogP contribution in [0.2, 0.25) is 0 Å². The van der Waals surface area contributed by atoms with E-state index in [1.807, 2.05) is 0 Å². The van der Waals surface area contributed by atoms with E-state index in [1.54, 1.807) is 0 Å². The van der Waals surface area contributed by atoms with Crippen molar-refractivity contribution in [3.63, 3.8) is 0 Å². The third-order valence-electron chi connectivity index (χ3n) is 33.9. The van der Waals surface area contributed by atoms with Crippen molar-refractivity contribution in [1.29, 1.82) is 0 Å². The molecule has 634 valence electrons. The second kappa shape index (κ2) is 26.9. The standard InChI is InChI=1S/C132H106/c1-125(2)109-29-21-17-25-93(109)97-51-39-81(69-113(97)125)87-57-88(82-40-52-98-94-26-18-22-30-110(94)126(3,4)114(98)70-82)60-91(59-87)85-43-55-107-105-49-37-79(67-121(105)131(13,14)123(107)73-85)77-35-47-103-101-45-33-75(63-117(101)129(9,10)119(103)65-77)76-34-46-102-104-48-36-78(66-120(104)130(11,12)118(102)64-76)80-38-50-106-108-56-44-86(74-124(108)132(15,16)122(106)68-80)92-61-89(83-41-53-99-95-27-19-23-31-111(95)127(5,6)115(99)71-83)58-90(62-92)84-42-54-100-96-28-20-24-32-112(96)128(7,8)116(100)72-84/h17-74H,1-16H3. The van der Waals surface area contributed by atoms with Crippen molar-refractivity contribution in [2.45, 2.75) is 154 Å². The lowest BCUT2D eigenvalue weighted by atomic mass is 9.79. The van der Waals surface area contributed by atoms with E-state index in [-0.39, 0.29) is 43.3 Å². The van der Waals surface area contributed by atoms with Gasteiger partial charge in [-0.15, -0.1) is 0 Å². The SMILES string of the molecule is CC1(C)c2ccccc2-c2ccc(-c3cc(-c4ccc5c(c4)C(C)(C)c4ccccc4-5)cc(-c4ccc5c(c4)C(C)(C)c4cc(-c6ccc7c(c6)C(C)(C)c6cc(-c8ccc9c(c8)C(C)(C)c8cc(-c%10ccc%11c(c%10)C(C)(C)c%10cc(-c%12cc(-c%13ccc%14c(c%13)C(C)(C)c%13ccccc%13-%14)cc(-c%13ccc%14c(c%13)C(C)(C)c%13ccccc%13-%14)c%12)ccc%10-%11)ccc8-9)ccc6-7)ccc4-5)c3)cc21. The molecule has 0 unspecified atom stereocenters. The van der Waals surface area contributed by atoms with E-state index in [9.17, 15) is 0 Å². The van der Waals surface area contributed by atoms with Crippen molar-refractivity contribution in [2.75, 3.05) is 0 Å². The summed E-state index contributed by atoms with van der Waals surface area (Å²) < 4.78 is 0. The summed E-state index contributed by atoms with van der Waals surface area (Å²) in [4.78, 5) is 0. The van der Waals surface area contributed by atoms with Gasteiger partial charge < -0.3 is 0 Å². The molecule has 8 aliphatic carbocycles. The van der Waals surface area contributed by atoms with Gasteiger partial charge in [0.1, 0.15) is 0 Å². The van der Waals surface area contributed by atoms with E-state index in [4.69, 9.17) is 0 Å². The Morgan fingerprint density at radius 3 is 0.318 bits per heavy atom. The molecule has 0 nitrogen and oxygen atoms in total. The maximum Gasteiger partial charge on any atom is 0.0159 e. The van der Waals surface area contributed by atoms with E-state index >= 15 is 0 Å². The second-order valence-corrected chi connectivity index (χ2v) is 43.9. The lowest BCUT2D eigenvalue weighted by Crippen LogP contribution is -2.16. The van der Waals surface area contributed by atoms with Gasteiger partial charge in [-0.05, 0) is 387 Å². The zero-order valence-electron chi connectivity index (χ0n) is 78.5. The Morgan fingerprint density at radius 2 is 0.189 bits per heavy atom. The Labute approximate surface area is 778 Å². The summed E-state index contributed by atoms with van der Waals surface area (Å²) in [5.41, 5.74) is 64.6. The van der Waals surface area contributed by atoms with Crippen LogP contribution >= 0.6 is 0 Å². The van der Waals surface area contributed by atoms with Crippen LogP contribution in [0.4, 0.5) is 0 Å². The van der Waals surface area contributed by atoms with Gasteiger partial charge in [0.05, 0.1) is 0 Å². The molecule has 18 aromatic rings. The highest BCUT2D eigenvalue weighted by Gasteiger charge is 2.45. The zero-order valence-corrected chi connectivity index (χ0v) is 78.5. The van der Waals surface area contributed by atoms with Crippen LogP contribution in [-0.2, 0) is 43.3 Å². The molecule has 0 radical (unpaired) electrons. The van der Waals surface area contributed by atoms with Gasteiger partial charge in [-0.2, -0.15) is 0 Å². The largest absolute Gasteiger partial charge is 0.0619 e. The summed E-state index contributed by atoms with van der Waals surface area (Å²) in [6.45, 7) is 38.7. The zero-order chi connectivity index (χ0) is 89.9. The molecule has 0 aliphatic heterocycles. The first-order valence-corrected chi connectivity index (χ1v) is 47.9. The van der Waals surface area contributed by atoms with Crippen LogP contribution in [0, 0.1) is 0 Å². The molecule has 132 heavy (non-hydrogen) atoms. The highest BCUT2D eigenvalue weighted by molar-refractivity contribution is 5.97. The van der Waals surface area contributed by atoms with Crippen LogP contribution in [0.15, 0.2) is 352 Å². The molecule has 0 fully saturated rings. The minimum absolute atomic E-state index is 0.110. The van der Waals surface area contributed by atoms with E-state index in [1.165, 1.54) is 278 Å². The summed E-state index contributed by atoms with van der Waals surface area (Å²) in [6.07, 6.45) is 0. The quantitative estimate of drug-likeness (QED) is 0.135. The first kappa shape index (κ1) is 79.0. The van der Waals surface area contributed by atoms with Crippen LogP contribution in [0.5, 0.6) is 0 Å². The van der Waals surface area contributed by atoms with Gasteiger partial charge >= 0.3 is 0 Å². The Balaban J connectivity index is 0.475. The summed E-state index contributed by atoms with van der Waals surface area (Å²) in [5.74, 6) is 0. The fourth-order valence-electron chi connectivity index (χ4n) is 26.2. The molecule has 0 saturated carbocycles. The molecule has 0 aromatic heterocycles. The van der Waals surface area contributed by atoms with E-state index < -0.39 is 0 Å². The number of fused-ring (bicyclic) bond motifs is 24. The molecule has 0 atom stereocenters. The summed E-state index contributed by atoms with van der Waals surface area (Å²) in [7, 11) is 0. The monoisotopic (exact) mass is 1690 g/mol. The van der Waals surface area contributed by atoms with Crippen LogP contribution in [0.25, 0.3) is 189 Å². The molecule has 0 heterocycles. The first-order chi connectivity index (χ1) is 63.4. The van der Waals surface area contributed by atoms with Gasteiger partial charge in [-0.1, -0.05) is 353 Å². The van der Waals surface area contributed by atoms with Crippen LogP contribution in [0.1, 0.15) is 200 Å². The topological polar surface area (TPSA) is 0 Å². The van der Waals surface area contributed by atoms with Gasteiger partial charge in [0, 0.05) is 43.3 Å². The van der Waals surface area contributed by atoms with Gasteiger partial charge in [0.2, 0.25) is 0 Å². The lowest BCUT2D eigenvalue weighted by molar-refractivity contribution is 0.659. The summed E-state index contributed by atoms with van der Waals surface area (Å²) in [5, 5.41) is 0. The number of rotatable bonds is 9. The van der Waals surface area contributed by atoms with Crippen LogP contribution < -0.4 is 0 Å². The molecule has 0 heteroatoms. The molecule has 8 aliphatic rings. The third-order valence-corrected chi connectivity index (χ3v) is 33.9. The Bertz CT molecular complexity index is 7500. The normalized spacial score (nSPS) is 16.5. The van der Waals surface area contributed by atoms with Gasteiger partial charge in [-0.25, -0.2) is 0 Å². The average Bonchev–Trinajstić information content (AvgIpc) is 1.58. The highest BCUT2D eigenvalue weighted by atomic mass is 14.5. The van der Waals surface area contributed by atoms with E-state index in [0.717, 1.165) is 0 Å². The molecular weight excluding hydrogens is 1590 g/mol. The number of benzene rings is 18. The molecule has 26 rings (SSSR count). The highest BCUT2D eigenvalue weighted by Crippen LogP contribution is 2.61. The lowest BCUT2D eigenvalue weighted by Gasteiger charge is -2.24. The van der Waals surface area contributed by atoms with Crippen molar-refractivity contribution in [1.82, 2.24) is 0 Å². The minimum atomic E-state index is -0.250. The van der Waals surface area contributed by atoms with Crippen molar-refractivity contribution in [2.24, 2.45) is 0 Å². The van der Waals surface area contributed by atoms with Crippen molar-refractivity contribution in [3.8, 4) is 189 Å². The molecule has 18 aromatic carbocycles. The van der Waals surface area contributed by atoms with Gasteiger partial charge in [0.25, 0.3) is 0 Å². The van der Waals surface area contributed by atoms with Gasteiger partial charge in [0.15, 0.2) is 0 Å². The van der Waals surface area contributed by atoms with Crippen LogP contribution in [0.3, 0.4) is 0 Å². The Hall–Kier alpha value is -14.0. The van der Waals surface area contributed by atoms with Crippen molar-refractivity contribution < 1.29 is 0 Å². The predicted octanol–water partition coefficient (Wildman–Crippen LogP) is 35.1. The predicted molar refractivity (Wildman–Crippen MR) is 556 cm³/mol. The maximum atomic E-state index is 2.52. The molecule has 0 N–H and O–H groups in total. The van der Waals surface area contributed by atoms with Crippen molar-refractivity contribution in [3.05, 3.63) is 441 Å². The first-order valence-electron chi connectivity index (χ1n) is 47.9. The van der Waals surface area contributed by atoms with Crippen molar-refractivity contribution >= 4 is 0 Å². The third kappa shape index (κ3) is 11.0. The molecule has 0 bridgehead atoms. The molecule has 0 spiro atoms. The summed E-state index contributed by atoms with van der Waals surface area (Å²) in [6, 6.07) is 138. The Morgan fingerprint density at radius 1 is 0.0909 bits per heavy atom. The molecule has 0 amide bonds. The summed E-state index contributed by atoms with van der Waals surface area (Å²) >= 11 is 0. The van der Waals surface area contributed by atoms with Gasteiger partial charge in [-0.3, -0.25) is 0 Å². The molecule has 0 saturated heterocycles. The fraction of sp³-hybridized carbons (Fsp3) is 0.182. The number of hydrogen-bond acceptors (Lipinski definition) is 0. The average molecular weight is 1690 g/mol. The minimum Gasteiger partial charge on any atom is -0.0619 e. The number of hydrogen-bond donors (Lipinski definition) is 0. The molecular formula is C132H106.